The molecular weight excluding hydrogens is 334 g/mol. The van der Waals surface area contributed by atoms with Gasteiger partial charge in [0, 0.05) is 16.4 Å². The SMILES string of the molecule is Cc1ccnc(NC(=O)C(=O)Nc2ccc(Br)c(C)c2)c1. The van der Waals surface area contributed by atoms with E-state index < -0.39 is 11.8 Å². The van der Waals surface area contributed by atoms with Crippen molar-refractivity contribution in [3.63, 3.8) is 0 Å². The number of hydrogen-bond acceptors (Lipinski definition) is 3. The first-order valence-electron chi connectivity index (χ1n) is 6.27. The summed E-state index contributed by atoms with van der Waals surface area (Å²) in [4.78, 5) is 27.6. The molecule has 0 bridgehead atoms. The highest BCUT2D eigenvalue weighted by Crippen LogP contribution is 2.20. The lowest BCUT2D eigenvalue weighted by atomic mass is 10.2. The number of carbonyl (C=O) groups is 2. The van der Waals surface area contributed by atoms with Crippen LogP contribution in [0.1, 0.15) is 11.1 Å². The summed E-state index contributed by atoms with van der Waals surface area (Å²) in [6, 6.07) is 8.80. The quantitative estimate of drug-likeness (QED) is 0.820. The van der Waals surface area contributed by atoms with Crippen molar-refractivity contribution in [3.05, 3.63) is 52.1 Å². The van der Waals surface area contributed by atoms with Crippen LogP contribution in [0, 0.1) is 13.8 Å². The fourth-order valence-corrected chi connectivity index (χ4v) is 1.93. The average Bonchev–Trinajstić information content (AvgIpc) is 2.43. The van der Waals surface area contributed by atoms with Crippen LogP contribution in [0.4, 0.5) is 11.5 Å². The van der Waals surface area contributed by atoms with Gasteiger partial charge in [0.25, 0.3) is 0 Å². The van der Waals surface area contributed by atoms with E-state index in [0.717, 1.165) is 15.6 Å². The minimum Gasteiger partial charge on any atom is -0.318 e. The molecule has 0 aliphatic carbocycles. The molecule has 1 aromatic heterocycles. The van der Waals surface area contributed by atoms with E-state index in [2.05, 4.69) is 31.5 Å². The Morgan fingerprint density at radius 2 is 1.76 bits per heavy atom. The smallest absolute Gasteiger partial charge is 0.315 e. The van der Waals surface area contributed by atoms with Crippen LogP contribution in [0.2, 0.25) is 0 Å². The van der Waals surface area contributed by atoms with E-state index in [9.17, 15) is 9.59 Å². The maximum absolute atomic E-state index is 11.8. The number of benzene rings is 1. The largest absolute Gasteiger partial charge is 0.318 e. The van der Waals surface area contributed by atoms with E-state index in [1.165, 1.54) is 0 Å². The number of carbonyl (C=O) groups excluding carboxylic acids is 2. The molecule has 2 N–H and O–H groups in total. The number of anilines is 2. The Labute approximate surface area is 130 Å². The van der Waals surface area contributed by atoms with Crippen molar-refractivity contribution < 1.29 is 9.59 Å². The number of hydrogen-bond donors (Lipinski definition) is 2. The molecule has 21 heavy (non-hydrogen) atoms. The second-order valence-corrected chi connectivity index (χ2v) is 5.44. The molecule has 0 saturated heterocycles. The molecule has 2 aromatic rings. The van der Waals surface area contributed by atoms with Crippen molar-refractivity contribution in [2.45, 2.75) is 13.8 Å². The van der Waals surface area contributed by atoms with E-state index in [4.69, 9.17) is 0 Å². The zero-order valence-corrected chi connectivity index (χ0v) is 13.2. The first kappa shape index (κ1) is 15.2. The first-order valence-corrected chi connectivity index (χ1v) is 7.06. The predicted molar refractivity (Wildman–Crippen MR) is 85.1 cm³/mol. The van der Waals surface area contributed by atoms with E-state index in [1.807, 2.05) is 19.9 Å². The molecule has 0 fully saturated rings. The Bertz CT molecular complexity index is 701. The molecule has 1 aromatic carbocycles. The molecule has 0 saturated carbocycles. The average molecular weight is 348 g/mol. The summed E-state index contributed by atoms with van der Waals surface area (Å²) >= 11 is 3.38. The van der Waals surface area contributed by atoms with Crippen LogP contribution in [-0.2, 0) is 9.59 Å². The number of pyridine rings is 1. The summed E-state index contributed by atoms with van der Waals surface area (Å²) in [6.45, 7) is 3.78. The molecule has 0 aliphatic heterocycles. The molecule has 0 atom stereocenters. The highest BCUT2D eigenvalue weighted by molar-refractivity contribution is 9.10. The lowest BCUT2D eigenvalue weighted by Crippen LogP contribution is -2.29. The monoisotopic (exact) mass is 347 g/mol. The van der Waals surface area contributed by atoms with Gasteiger partial charge in [-0.2, -0.15) is 0 Å². The minimum absolute atomic E-state index is 0.349. The lowest BCUT2D eigenvalue weighted by Gasteiger charge is -2.07. The molecule has 108 valence electrons. The van der Waals surface area contributed by atoms with Gasteiger partial charge in [-0.25, -0.2) is 4.98 Å². The third-order valence-corrected chi connectivity index (χ3v) is 3.67. The van der Waals surface area contributed by atoms with Gasteiger partial charge < -0.3 is 10.6 Å². The van der Waals surface area contributed by atoms with Gasteiger partial charge in [0.2, 0.25) is 0 Å². The Hall–Kier alpha value is -2.21. The van der Waals surface area contributed by atoms with E-state index in [1.54, 1.807) is 30.5 Å². The summed E-state index contributed by atoms with van der Waals surface area (Å²) < 4.78 is 0.939. The lowest BCUT2D eigenvalue weighted by molar-refractivity contribution is -0.133. The summed E-state index contributed by atoms with van der Waals surface area (Å²) in [5.74, 6) is -1.14. The Kier molecular flexibility index (Phi) is 4.70. The second-order valence-electron chi connectivity index (χ2n) is 4.59. The zero-order valence-electron chi connectivity index (χ0n) is 11.6. The molecule has 1 heterocycles. The van der Waals surface area contributed by atoms with Crippen LogP contribution in [0.25, 0.3) is 0 Å². The summed E-state index contributed by atoms with van der Waals surface area (Å²) in [5.41, 5.74) is 2.48. The maximum Gasteiger partial charge on any atom is 0.315 e. The van der Waals surface area contributed by atoms with Crippen molar-refractivity contribution in [2.75, 3.05) is 10.6 Å². The number of rotatable bonds is 2. The van der Waals surface area contributed by atoms with E-state index in [0.29, 0.717) is 11.5 Å². The number of aryl methyl sites for hydroxylation is 2. The Morgan fingerprint density at radius 3 is 2.43 bits per heavy atom. The van der Waals surface area contributed by atoms with Crippen LogP contribution in [0.3, 0.4) is 0 Å². The van der Waals surface area contributed by atoms with Crippen LogP contribution < -0.4 is 10.6 Å². The molecule has 0 radical (unpaired) electrons. The predicted octanol–water partition coefficient (Wildman–Crippen LogP) is 3.04. The van der Waals surface area contributed by atoms with Crippen LogP contribution in [0.15, 0.2) is 41.0 Å². The molecule has 0 unspecified atom stereocenters. The summed E-state index contributed by atoms with van der Waals surface area (Å²) in [5, 5.41) is 5.00. The number of nitrogens with zero attached hydrogens (tertiary/aromatic N) is 1. The van der Waals surface area contributed by atoms with Gasteiger partial charge in [0.1, 0.15) is 5.82 Å². The number of nitrogens with one attached hydrogen (secondary N) is 2. The normalized spacial score (nSPS) is 10.0. The topological polar surface area (TPSA) is 71.1 Å². The summed E-state index contributed by atoms with van der Waals surface area (Å²) in [6.07, 6.45) is 1.57. The number of aromatic nitrogens is 1. The van der Waals surface area contributed by atoms with Gasteiger partial charge in [0.15, 0.2) is 0 Å². The fraction of sp³-hybridized carbons (Fsp3) is 0.133. The Balaban J connectivity index is 2.02. The maximum atomic E-state index is 11.8. The number of halogens is 1. The van der Waals surface area contributed by atoms with Gasteiger partial charge in [0.05, 0.1) is 0 Å². The molecule has 5 nitrogen and oxygen atoms in total. The van der Waals surface area contributed by atoms with E-state index in [-0.39, 0.29) is 0 Å². The Morgan fingerprint density at radius 1 is 1.05 bits per heavy atom. The molecule has 6 heteroatoms. The molecular formula is C15H14BrN3O2. The molecule has 2 rings (SSSR count). The van der Waals surface area contributed by atoms with Gasteiger partial charge in [-0.1, -0.05) is 15.9 Å². The van der Waals surface area contributed by atoms with Crippen molar-refractivity contribution in [3.8, 4) is 0 Å². The minimum atomic E-state index is -0.756. The van der Waals surface area contributed by atoms with Crippen LogP contribution in [-0.4, -0.2) is 16.8 Å². The number of amides is 2. The van der Waals surface area contributed by atoms with Gasteiger partial charge in [-0.3, -0.25) is 9.59 Å². The first-order chi connectivity index (χ1) is 9.95. The van der Waals surface area contributed by atoms with Gasteiger partial charge in [-0.05, 0) is 55.3 Å². The summed E-state index contributed by atoms with van der Waals surface area (Å²) in [7, 11) is 0. The fourth-order valence-electron chi connectivity index (χ4n) is 1.69. The van der Waals surface area contributed by atoms with Gasteiger partial charge >= 0.3 is 11.8 Å². The molecule has 2 amide bonds. The second kappa shape index (κ2) is 6.49. The highest BCUT2D eigenvalue weighted by Gasteiger charge is 2.14. The third kappa shape index (κ3) is 4.13. The van der Waals surface area contributed by atoms with Crippen LogP contribution >= 0.6 is 15.9 Å². The van der Waals surface area contributed by atoms with Crippen molar-refractivity contribution in [1.82, 2.24) is 4.98 Å². The van der Waals surface area contributed by atoms with Crippen LogP contribution in [0.5, 0.6) is 0 Å². The highest BCUT2D eigenvalue weighted by atomic mass is 79.9. The van der Waals surface area contributed by atoms with Crippen molar-refractivity contribution in [1.29, 1.82) is 0 Å². The van der Waals surface area contributed by atoms with Gasteiger partial charge in [-0.15, -0.1) is 0 Å². The van der Waals surface area contributed by atoms with Crippen molar-refractivity contribution >= 4 is 39.2 Å². The molecule has 0 spiro atoms. The zero-order chi connectivity index (χ0) is 15.4. The third-order valence-electron chi connectivity index (χ3n) is 2.78. The molecule has 0 aliphatic rings. The van der Waals surface area contributed by atoms with E-state index >= 15 is 0 Å². The van der Waals surface area contributed by atoms with Crippen molar-refractivity contribution in [2.24, 2.45) is 0 Å². The standard InChI is InChI=1S/C15H14BrN3O2/c1-9-5-6-17-13(7-9)19-15(21)14(20)18-11-3-4-12(16)10(2)8-11/h3-8H,1-2H3,(H,18,20)(H,17,19,21).